The van der Waals surface area contributed by atoms with Gasteiger partial charge in [0.1, 0.15) is 0 Å². The van der Waals surface area contributed by atoms with Gasteiger partial charge in [-0.15, -0.1) is 0 Å². The fourth-order valence-corrected chi connectivity index (χ4v) is 2.53. The molecule has 0 saturated carbocycles. The minimum atomic E-state index is 0.469. The monoisotopic (exact) mass is 224 g/mol. The summed E-state index contributed by atoms with van der Waals surface area (Å²) in [6.07, 6.45) is 0. The third kappa shape index (κ3) is 2.41. The molecule has 0 radical (unpaired) electrons. The van der Waals surface area contributed by atoms with E-state index >= 15 is 0 Å². The summed E-state index contributed by atoms with van der Waals surface area (Å²) in [6.45, 7) is 8.83. The lowest BCUT2D eigenvalue weighted by atomic mass is 9.87. The van der Waals surface area contributed by atoms with E-state index in [1.54, 1.807) is 0 Å². The third-order valence-electron chi connectivity index (χ3n) is 3.55. The van der Waals surface area contributed by atoms with Crippen LogP contribution in [0.15, 0.2) is 42.5 Å². The van der Waals surface area contributed by atoms with Crippen LogP contribution in [-0.2, 0) is 0 Å². The van der Waals surface area contributed by atoms with Crippen molar-refractivity contribution in [2.75, 3.05) is 0 Å². The van der Waals surface area contributed by atoms with E-state index in [-0.39, 0.29) is 0 Å². The molecule has 0 aromatic heterocycles. The Morgan fingerprint density at radius 1 is 0.765 bits per heavy atom. The first-order chi connectivity index (χ1) is 8.09. The molecule has 0 bridgehead atoms. The highest BCUT2D eigenvalue weighted by molar-refractivity contribution is 5.42. The van der Waals surface area contributed by atoms with Gasteiger partial charge in [0.15, 0.2) is 0 Å². The first kappa shape index (κ1) is 11.9. The maximum Gasteiger partial charge on any atom is 0.00662 e. The van der Waals surface area contributed by atoms with Crippen molar-refractivity contribution in [2.45, 2.75) is 33.6 Å². The Balaban J connectivity index is 2.43. The molecule has 2 aromatic carbocycles. The first-order valence-electron chi connectivity index (χ1n) is 6.22. The molecule has 0 nitrogen and oxygen atoms in total. The summed E-state index contributed by atoms with van der Waals surface area (Å²) in [5.74, 6) is 0.469. The summed E-state index contributed by atoms with van der Waals surface area (Å²) in [4.78, 5) is 0. The molecule has 0 N–H and O–H groups in total. The van der Waals surface area contributed by atoms with E-state index in [0.717, 1.165) is 0 Å². The second kappa shape index (κ2) is 4.75. The van der Waals surface area contributed by atoms with Gasteiger partial charge in [-0.25, -0.2) is 0 Å². The molecule has 0 amide bonds. The van der Waals surface area contributed by atoms with E-state index in [9.17, 15) is 0 Å². The number of rotatable bonds is 2. The zero-order valence-corrected chi connectivity index (χ0v) is 11.1. The molecule has 88 valence electrons. The van der Waals surface area contributed by atoms with Crippen molar-refractivity contribution >= 4 is 0 Å². The van der Waals surface area contributed by atoms with Gasteiger partial charge in [0.2, 0.25) is 0 Å². The van der Waals surface area contributed by atoms with Crippen LogP contribution >= 0.6 is 0 Å². The van der Waals surface area contributed by atoms with Crippen molar-refractivity contribution in [3.8, 4) is 0 Å². The largest absolute Gasteiger partial charge is 0.0617 e. The molecule has 0 heterocycles. The van der Waals surface area contributed by atoms with Crippen molar-refractivity contribution in [1.29, 1.82) is 0 Å². The molecule has 0 aliphatic heterocycles. The Kier molecular flexibility index (Phi) is 3.33. The number of hydrogen-bond acceptors (Lipinski definition) is 0. The molecular weight excluding hydrogens is 204 g/mol. The van der Waals surface area contributed by atoms with Crippen molar-refractivity contribution in [3.05, 3.63) is 70.3 Å². The highest BCUT2D eigenvalue weighted by atomic mass is 14.2. The Hall–Kier alpha value is -1.56. The molecule has 1 unspecified atom stereocenters. The number of aryl methyl sites for hydroxylation is 3. The van der Waals surface area contributed by atoms with Gasteiger partial charge >= 0.3 is 0 Å². The van der Waals surface area contributed by atoms with Crippen LogP contribution in [0.5, 0.6) is 0 Å². The minimum Gasteiger partial charge on any atom is -0.0617 e. The standard InChI is InChI=1S/C17H20/c1-12-8-10-16(11-9-12)15(4)17-13(2)6-5-7-14(17)3/h5-11,15H,1-4H3. The third-order valence-corrected chi connectivity index (χ3v) is 3.55. The van der Waals surface area contributed by atoms with Gasteiger partial charge in [0.25, 0.3) is 0 Å². The molecule has 0 spiro atoms. The van der Waals surface area contributed by atoms with Gasteiger partial charge in [0.05, 0.1) is 0 Å². The average Bonchev–Trinajstić information content (AvgIpc) is 2.29. The lowest BCUT2D eigenvalue weighted by Gasteiger charge is -2.18. The summed E-state index contributed by atoms with van der Waals surface area (Å²) in [6, 6.07) is 15.4. The Morgan fingerprint density at radius 3 is 1.82 bits per heavy atom. The summed E-state index contributed by atoms with van der Waals surface area (Å²) in [5, 5.41) is 0. The fraction of sp³-hybridized carbons (Fsp3) is 0.294. The molecule has 2 aromatic rings. The summed E-state index contributed by atoms with van der Waals surface area (Å²) >= 11 is 0. The highest BCUT2D eigenvalue weighted by Crippen LogP contribution is 2.29. The smallest absolute Gasteiger partial charge is 0.00662 e. The van der Waals surface area contributed by atoms with Crippen molar-refractivity contribution in [3.63, 3.8) is 0 Å². The van der Waals surface area contributed by atoms with Crippen molar-refractivity contribution in [2.24, 2.45) is 0 Å². The molecular formula is C17H20. The van der Waals surface area contributed by atoms with E-state index in [2.05, 4.69) is 70.2 Å². The lowest BCUT2D eigenvalue weighted by molar-refractivity contribution is 0.897. The molecule has 0 heteroatoms. The van der Waals surface area contributed by atoms with Crippen LogP contribution in [0, 0.1) is 20.8 Å². The van der Waals surface area contributed by atoms with Crippen LogP contribution in [0.1, 0.15) is 40.7 Å². The summed E-state index contributed by atoms with van der Waals surface area (Å²) in [7, 11) is 0. The van der Waals surface area contributed by atoms with Gasteiger partial charge in [-0.05, 0) is 43.0 Å². The molecule has 17 heavy (non-hydrogen) atoms. The normalized spacial score (nSPS) is 12.5. The van der Waals surface area contributed by atoms with E-state index < -0.39 is 0 Å². The SMILES string of the molecule is Cc1ccc(C(C)c2c(C)cccc2C)cc1. The highest BCUT2D eigenvalue weighted by Gasteiger charge is 2.12. The zero-order valence-electron chi connectivity index (χ0n) is 11.1. The maximum absolute atomic E-state index is 2.29. The fourth-order valence-electron chi connectivity index (χ4n) is 2.53. The van der Waals surface area contributed by atoms with Crippen LogP contribution in [-0.4, -0.2) is 0 Å². The lowest BCUT2D eigenvalue weighted by Crippen LogP contribution is -2.01. The predicted octanol–water partition coefficient (Wildman–Crippen LogP) is 4.76. The van der Waals surface area contributed by atoms with E-state index in [1.165, 1.54) is 27.8 Å². The summed E-state index contributed by atoms with van der Waals surface area (Å²) in [5.41, 5.74) is 6.96. The first-order valence-corrected chi connectivity index (χ1v) is 6.22. The molecule has 1 atom stereocenters. The topological polar surface area (TPSA) is 0 Å². The van der Waals surface area contributed by atoms with Gasteiger partial charge in [-0.3, -0.25) is 0 Å². The number of hydrogen-bond donors (Lipinski definition) is 0. The maximum atomic E-state index is 2.29. The van der Waals surface area contributed by atoms with Gasteiger partial charge in [-0.1, -0.05) is 55.0 Å². The van der Waals surface area contributed by atoms with E-state index in [4.69, 9.17) is 0 Å². The van der Waals surface area contributed by atoms with Gasteiger partial charge < -0.3 is 0 Å². The average molecular weight is 224 g/mol. The Bertz CT molecular complexity index is 486. The van der Waals surface area contributed by atoms with Crippen LogP contribution in [0.25, 0.3) is 0 Å². The second-order valence-electron chi connectivity index (χ2n) is 4.94. The minimum absolute atomic E-state index is 0.469. The van der Waals surface area contributed by atoms with E-state index in [0.29, 0.717) is 5.92 Å². The number of benzene rings is 2. The Labute approximate surface area is 104 Å². The van der Waals surface area contributed by atoms with Crippen LogP contribution < -0.4 is 0 Å². The molecule has 0 aliphatic rings. The summed E-state index contributed by atoms with van der Waals surface area (Å²) < 4.78 is 0. The van der Waals surface area contributed by atoms with Crippen LogP contribution in [0.3, 0.4) is 0 Å². The molecule has 0 saturated heterocycles. The molecule has 0 fully saturated rings. The van der Waals surface area contributed by atoms with Crippen LogP contribution in [0.2, 0.25) is 0 Å². The Morgan fingerprint density at radius 2 is 1.29 bits per heavy atom. The van der Waals surface area contributed by atoms with E-state index in [1.807, 2.05) is 0 Å². The molecule has 2 rings (SSSR count). The van der Waals surface area contributed by atoms with Crippen molar-refractivity contribution < 1.29 is 0 Å². The quantitative estimate of drug-likeness (QED) is 0.689. The van der Waals surface area contributed by atoms with Gasteiger partial charge in [-0.2, -0.15) is 0 Å². The zero-order chi connectivity index (χ0) is 12.4. The second-order valence-corrected chi connectivity index (χ2v) is 4.94. The van der Waals surface area contributed by atoms with Crippen LogP contribution in [0.4, 0.5) is 0 Å². The van der Waals surface area contributed by atoms with Gasteiger partial charge in [0, 0.05) is 5.92 Å². The molecule has 0 aliphatic carbocycles. The predicted molar refractivity (Wildman–Crippen MR) is 74.6 cm³/mol. The van der Waals surface area contributed by atoms with Crippen molar-refractivity contribution in [1.82, 2.24) is 0 Å².